The van der Waals surface area contributed by atoms with E-state index in [0.29, 0.717) is 0 Å². The summed E-state index contributed by atoms with van der Waals surface area (Å²) < 4.78 is 12.8. The van der Waals surface area contributed by atoms with Gasteiger partial charge in [0.2, 0.25) is 0 Å². The van der Waals surface area contributed by atoms with E-state index in [0.717, 1.165) is 66.3 Å². The van der Waals surface area contributed by atoms with Gasteiger partial charge in [-0.25, -0.2) is 0 Å². The van der Waals surface area contributed by atoms with Crippen molar-refractivity contribution in [1.29, 1.82) is 0 Å². The zero-order chi connectivity index (χ0) is 30.9. The third-order valence-corrected chi connectivity index (χ3v) is 9.43. The molecule has 10 aromatic rings. The standard InChI is InChI=1S/C44H27NO2/c1-2-13-30(14-3-1)45(31-15-8-12-29(26-31)34-18-9-11-28-10-4-5-16-33(28)34)32-20-21-38-42(27-32)47-41-25-23-35-36(44(38)41)22-24-40-43(35)37-17-6-7-19-39(37)46-40/h1-27H. The fourth-order valence-electron chi connectivity index (χ4n) is 7.35. The van der Waals surface area contributed by atoms with Crippen molar-refractivity contribution < 1.29 is 8.83 Å². The number of hydrogen-bond acceptors (Lipinski definition) is 3. The maximum atomic E-state index is 6.60. The highest BCUT2D eigenvalue weighted by Crippen LogP contribution is 2.43. The fraction of sp³-hybridized carbons (Fsp3) is 0. The molecule has 220 valence electrons. The molecule has 0 radical (unpaired) electrons. The van der Waals surface area contributed by atoms with Crippen LogP contribution in [0.25, 0.3) is 76.5 Å². The largest absolute Gasteiger partial charge is 0.456 e. The second-order valence-corrected chi connectivity index (χ2v) is 12.1. The lowest BCUT2D eigenvalue weighted by molar-refractivity contribution is 0.668. The second kappa shape index (κ2) is 10.1. The van der Waals surface area contributed by atoms with Crippen LogP contribution in [0.4, 0.5) is 17.1 Å². The lowest BCUT2D eigenvalue weighted by atomic mass is 9.97. The minimum atomic E-state index is 0.855. The van der Waals surface area contributed by atoms with Crippen molar-refractivity contribution in [3.8, 4) is 11.1 Å². The number of benzene rings is 8. The van der Waals surface area contributed by atoms with Crippen molar-refractivity contribution in [2.45, 2.75) is 0 Å². The molecule has 0 bridgehead atoms. The average molecular weight is 602 g/mol. The number of furan rings is 2. The van der Waals surface area contributed by atoms with E-state index in [1.165, 1.54) is 27.3 Å². The SMILES string of the molecule is c1ccc(N(c2cccc(-c3cccc4ccccc34)c2)c2ccc3c(c2)oc2ccc4c(ccc5oc6ccccc6c54)c23)cc1. The third kappa shape index (κ3) is 4.00. The van der Waals surface area contributed by atoms with E-state index in [4.69, 9.17) is 8.83 Å². The topological polar surface area (TPSA) is 29.5 Å². The molecular formula is C44H27NO2. The minimum Gasteiger partial charge on any atom is -0.456 e. The molecule has 0 aliphatic carbocycles. The quantitative estimate of drug-likeness (QED) is 0.201. The Balaban J connectivity index is 1.16. The van der Waals surface area contributed by atoms with Crippen LogP contribution >= 0.6 is 0 Å². The van der Waals surface area contributed by atoms with Gasteiger partial charge in [0, 0.05) is 44.7 Å². The first-order valence-corrected chi connectivity index (χ1v) is 15.9. The van der Waals surface area contributed by atoms with Crippen LogP contribution in [0.2, 0.25) is 0 Å². The van der Waals surface area contributed by atoms with Crippen LogP contribution in [-0.4, -0.2) is 0 Å². The van der Waals surface area contributed by atoms with E-state index >= 15 is 0 Å². The molecule has 10 rings (SSSR count). The molecule has 0 unspecified atom stereocenters. The minimum absolute atomic E-state index is 0.855. The van der Waals surface area contributed by atoms with Gasteiger partial charge in [-0.15, -0.1) is 0 Å². The number of nitrogens with zero attached hydrogens (tertiary/aromatic N) is 1. The van der Waals surface area contributed by atoms with Crippen LogP contribution in [0.1, 0.15) is 0 Å². The summed E-state index contributed by atoms with van der Waals surface area (Å²) in [7, 11) is 0. The molecule has 47 heavy (non-hydrogen) atoms. The number of rotatable bonds is 4. The van der Waals surface area contributed by atoms with E-state index in [-0.39, 0.29) is 0 Å². The molecule has 8 aromatic carbocycles. The Labute approximate surface area is 270 Å². The van der Waals surface area contributed by atoms with Crippen molar-refractivity contribution >= 4 is 82.5 Å². The van der Waals surface area contributed by atoms with Gasteiger partial charge < -0.3 is 13.7 Å². The van der Waals surface area contributed by atoms with Crippen molar-refractivity contribution in [2.75, 3.05) is 4.90 Å². The zero-order valence-corrected chi connectivity index (χ0v) is 25.4. The number of hydrogen-bond donors (Lipinski definition) is 0. The van der Waals surface area contributed by atoms with Crippen molar-refractivity contribution in [1.82, 2.24) is 0 Å². The summed E-state index contributed by atoms with van der Waals surface area (Å²) in [6.45, 7) is 0. The Hall–Kier alpha value is -6.32. The van der Waals surface area contributed by atoms with Crippen molar-refractivity contribution in [3.63, 3.8) is 0 Å². The highest BCUT2D eigenvalue weighted by atomic mass is 16.3. The molecule has 2 heterocycles. The van der Waals surface area contributed by atoms with Crippen molar-refractivity contribution in [2.24, 2.45) is 0 Å². The Kier molecular flexibility index (Phi) is 5.57. The molecule has 0 aliphatic heterocycles. The Bertz CT molecular complexity index is 2800. The molecule has 2 aromatic heterocycles. The highest BCUT2D eigenvalue weighted by molar-refractivity contribution is 6.27. The summed E-state index contributed by atoms with van der Waals surface area (Å²) in [5.41, 5.74) is 9.13. The third-order valence-electron chi connectivity index (χ3n) is 9.43. The van der Waals surface area contributed by atoms with Gasteiger partial charge in [0.1, 0.15) is 22.3 Å². The molecule has 0 saturated carbocycles. The fourth-order valence-corrected chi connectivity index (χ4v) is 7.35. The summed E-state index contributed by atoms with van der Waals surface area (Å²) in [6, 6.07) is 57.8. The average Bonchev–Trinajstić information content (AvgIpc) is 3.70. The van der Waals surface area contributed by atoms with Crippen LogP contribution in [0.15, 0.2) is 173 Å². The predicted molar refractivity (Wildman–Crippen MR) is 196 cm³/mol. The van der Waals surface area contributed by atoms with Gasteiger partial charge in [0.25, 0.3) is 0 Å². The lowest BCUT2D eigenvalue weighted by Crippen LogP contribution is -2.09. The number of fused-ring (bicyclic) bond motifs is 10. The molecular weight excluding hydrogens is 574 g/mol. The second-order valence-electron chi connectivity index (χ2n) is 12.1. The number of para-hydroxylation sites is 2. The monoisotopic (exact) mass is 601 g/mol. The highest BCUT2D eigenvalue weighted by Gasteiger charge is 2.19. The first-order chi connectivity index (χ1) is 23.3. The Morgan fingerprint density at radius 1 is 0.340 bits per heavy atom. The molecule has 0 fully saturated rings. The van der Waals surface area contributed by atoms with Gasteiger partial charge >= 0.3 is 0 Å². The van der Waals surface area contributed by atoms with Crippen LogP contribution in [0, 0.1) is 0 Å². The van der Waals surface area contributed by atoms with Crippen LogP contribution in [0.5, 0.6) is 0 Å². The van der Waals surface area contributed by atoms with Crippen molar-refractivity contribution in [3.05, 3.63) is 164 Å². The zero-order valence-electron chi connectivity index (χ0n) is 25.4. The van der Waals surface area contributed by atoms with Crippen LogP contribution < -0.4 is 4.90 Å². The Morgan fingerprint density at radius 2 is 0.936 bits per heavy atom. The molecule has 0 spiro atoms. The van der Waals surface area contributed by atoms with Crippen LogP contribution in [-0.2, 0) is 0 Å². The summed E-state index contributed by atoms with van der Waals surface area (Å²) in [5.74, 6) is 0. The van der Waals surface area contributed by atoms with Gasteiger partial charge in [0.15, 0.2) is 0 Å². The van der Waals surface area contributed by atoms with Gasteiger partial charge in [-0.05, 0) is 99.4 Å². The van der Waals surface area contributed by atoms with Gasteiger partial charge in [-0.1, -0.05) is 91.0 Å². The van der Waals surface area contributed by atoms with Gasteiger partial charge in [-0.2, -0.15) is 0 Å². The number of anilines is 3. The van der Waals surface area contributed by atoms with E-state index < -0.39 is 0 Å². The molecule has 0 aliphatic rings. The smallest absolute Gasteiger partial charge is 0.137 e. The Morgan fingerprint density at radius 3 is 1.77 bits per heavy atom. The molecule has 0 saturated heterocycles. The first kappa shape index (κ1) is 26.0. The summed E-state index contributed by atoms with van der Waals surface area (Å²) >= 11 is 0. The van der Waals surface area contributed by atoms with E-state index in [1.54, 1.807) is 0 Å². The van der Waals surface area contributed by atoms with Gasteiger partial charge in [-0.3, -0.25) is 0 Å². The molecule has 3 nitrogen and oxygen atoms in total. The molecule has 0 atom stereocenters. The predicted octanol–water partition coefficient (Wildman–Crippen LogP) is 12.9. The molecule has 3 heteroatoms. The summed E-state index contributed by atoms with van der Waals surface area (Å²) in [6.07, 6.45) is 0. The lowest BCUT2D eigenvalue weighted by Gasteiger charge is -2.26. The van der Waals surface area contributed by atoms with E-state index in [1.807, 2.05) is 12.1 Å². The summed E-state index contributed by atoms with van der Waals surface area (Å²) in [5, 5.41) is 9.31. The first-order valence-electron chi connectivity index (χ1n) is 15.9. The van der Waals surface area contributed by atoms with E-state index in [9.17, 15) is 0 Å². The van der Waals surface area contributed by atoms with Crippen LogP contribution in [0.3, 0.4) is 0 Å². The molecule has 0 amide bonds. The summed E-state index contributed by atoms with van der Waals surface area (Å²) in [4.78, 5) is 2.31. The van der Waals surface area contributed by atoms with E-state index in [2.05, 4.69) is 157 Å². The maximum absolute atomic E-state index is 6.60. The van der Waals surface area contributed by atoms with Gasteiger partial charge in [0.05, 0.1) is 0 Å². The normalized spacial score (nSPS) is 11.8. The molecule has 0 N–H and O–H groups in total. The maximum Gasteiger partial charge on any atom is 0.137 e.